The Kier molecular flexibility index (Phi) is 3.30. The van der Waals surface area contributed by atoms with Gasteiger partial charge in [0.25, 0.3) is 0 Å². The first-order chi connectivity index (χ1) is 7.15. The van der Waals surface area contributed by atoms with Gasteiger partial charge in [-0.2, -0.15) is 0 Å². The van der Waals surface area contributed by atoms with Gasteiger partial charge in [-0.15, -0.1) is 0 Å². The Balaban J connectivity index is 2.06. The van der Waals surface area contributed by atoms with Gasteiger partial charge in [0.2, 0.25) is 0 Å². The van der Waals surface area contributed by atoms with Crippen molar-refractivity contribution in [2.75, 3.05) is 13.1 Å². The lowest BCUT2D eigenvalue weighted by atomic mass is 9.84. The first-order valence-corrected chi connectivity index (χ1v) is 5.93. The number of hydrogen-bond donors (Lipinski definition) is 3. The van der Waals surface area contributed by atoms with E-state index in [0.717, 1.165) is 25.8 Å². The van der Waals surface area contributed by atoms with Crippen LogP contribution in [0.2, 0.25) is 0 Å². The van der Waals surface area contributed by atoms with Crippen LogP contribution in [-0.4, -0.2) is 57.7 Å². The average Bonchev–Trinajstić information content (AvgIpc) is 2.49. The summed E-state index contributed by atoms with van der Waals surface area (Å²) < 4.78 is 0. The molecule has 2 rings (SSSR count). The SMILES string of the molecule is CCC[C@@H]1CCN2C[C@@H](O)[C@@H](O)[C@H]2[C@@H]1O. The van der Waals surface area contributed by atoms with Crippen molar-refractivity contribution < 1.29 is 15.3 Å². The third kappa shape index (κ3) is 1.91. The first kappa shape index (κ1) is 11.3. The van der Waals surface area contributed by atoms with Gasteiger partial charge in [-0.1, -0.05) is 13.3 Å². The van der Waals surface area contributed by atoms with E-state index in [1.165, 1.54) is 0 Å². The molecule has 2 fully saturated rings. The van der Waals surface area contributed by atoms with Crippen LogP contribution in [0.3, 0.4) is 0 Å². The van der Waals surface area contributed by atoms with E-state index in [1.807, 2.05) is 4.90 Å². The lowest BCUT2D eigenvalue weighted by molar-refractivity contribution is -0.0581. The number of aliphatic hydroxyl groups is 3. The van der Waals surface area contributed by atoms with Crippen molar-refractivity contribution in [3.63, 3.8) is 0 Å². The molecule has 88 valence electrons. The van der Waals surface area contributed by atoms with Crippen molar-refractivity contribution in [3.8, 4) is 0 Å². The summed E-state index contributed by atoms with van der Waals surface area (Å²) in [6.07, 6.45) is 1.10. The maximum atomic E-state index is 10.1. The van der Waals surface area contributed by atoms with E-state index >= 15 is 0 Å². The fourth-order valence-corrected chi connectivity index (χ4v) is 3.04. The molecule has 0 amide bonds. The Bertz CT molecular complexity index is 224. The largest absolute Gasteiger partial charge is 0.391 e. The molecule has 3 N–H and O–H groups in total. The molecule has 0 spiro atoms. The second kappa shape index (κ2) is 4.37. The Hall–Kier alpha value is -0.160. The summed E-state index contributed by atoms with van der Waals surface area (Å²) in [7, 11) is 0. The third-order valence-electron chi connectivity index (χ3n) is 3.87. The van der Waals surface area contributed by atoms with E-state index in [1.54, 1.807) is 0 Å². The minimum absolute atomic E-state index is 0.245. The van der Waals surface area contributed by atoms with E-state index in [9.17, 15) is 15.3 Å². The average molecular weight is 215 g/mol. The Morgan fingerprint density at radius 1 is 1.20 bits per heavy atom. The fourth-order valence-electron chi connectivity index (χ4n) is 3.04. The molecule has 0 bridgehead atoms. The molecule has 2 heterocycles. The van der Waals surface area contributed by atoms with E-state index in [4.69, 9.17) is 0 Å². The summed E-state index contributed by atoms with van der Waals surface area (Å²) in [5, 5.41) is 29.5. The van der Waals surface area contributed by atoms with Gasteiger partial charge in [-0.3, -0.25) is 4.90 Å². The van der Waals surface area contributed by atoms with Crippen LogP contribution in [0, 0.1) is 5.92 Å². The zero-order valence-electron chi connectivity index (χ0n) is 9.21. The number of nitrogens with zero attached hydrogens (tertiary/aromatic N) is 1. The molecule has 2 aliphatic rings. The van der Waals surface area contributed by atoms with Crippen LogP contribution >= 0.6 is 0 Å². The van der Waals surface area contributed by atoms with Gasteiger partial charge in [0.15, 0.2) is 0 Å². The van der Waals surface area contributed by atoms with Crippen LogP contribution in [0.4, 0.5) is 0 Å². The van der Waals surface area contributed by atoms with Crippen molar-refractivity contribution in [1.29, 1.82) is 0 Å². The molecular weight excluding hydrogens is 194 g/mol. The molecule has 15 heavy (non-hydrogen) atoms. The normalized spacial score (nSPS) is 46.8. The summed E-state index contributed by atoms with van der Waals surface area (Å²) in [6.45, 7) is 3.50. The fraction of sp³-hybridized carbons (Fsp3) is 1.00. The van der Waals surface area contributed by atoms with Crippen LogP contribution in [0.15, 0.2) is 0 Å². The van der Waals surface area contributed by atoms with Crippen LogP contribution in [0.1, 0.15) is 26.2 Å². The van der Waals surface area contributed by atoms with Crippen LogP contribution in [-0.2, 0) is 0 Å². The van der Waals surface area contributed by atoms with Gasteiger partial charge in [-0.05, 0) is 25.3 Å². The summed E-state index contributed by atoms with van der Waals surface area (Å²) >= 11 is 0. The minimum Gasteiger partial charge on any atom is -0.391 e. The molecule has 0 aromatic carbocycles. The first-order valence-electron chi connectivity index (χ1n) is 5.93. The van der Waals surface area contributed by atoms with Crippen molar-refractivity contribution in [3.05, 3.63) is 0 Å². The predicted octanol–water partition coefficient (Wildman–Crippen LogP) is -0.427. The van der Waals surface area contributed by atoms with E-state index in [0.29, 0.717) is 6.54 Å². The van der Waals surface area contributed by atoms with Crippen LogP contribution in [0.25, 0.3) is 0 Å². The zero-order chi connectivity index (χ0) is 11.0. The molecule has 5 atom stereocenters. The highest BCUT2D eigenvalue weighted by Crippen LogP contribution is 2.33. The van der Waals surface area contributed by atoms with Crippen molar-refractivity contribution >= 4 is 0 Å². The molecular formula is C11H21NO3. The third-order valence-corrected chi connectivity index (χ3v) is 3.87. The van der Waals surface area contributed by atoms with E-state index in [-0.39, 0.29) is 12.0 Å². The molecule has 4 heteroatoms. The number of aliphatic hydroxyl groups excluding tert-OH is 3. The highest BCUT2D eigenvalue weighted by Gasteiger charge is 2.48. The Morgan fingerprint density at radius 3 is 2.60 bits per heavy atom. The molecule has 0 radical (unpaired) electrons. The topological polar surface area (TPSA) is 63.9 Å². The lowest BCUT2D eigenvalue weighted by Gasteiger charge is -2.40. The molecule has 0 unspecified atom stereocenters. The molecule has 0 aromatic rings. The number of piperidine rings is 1. The quantitative estimate of drug-likeness (QED) is 0.585. The maximum absolute atomic E-state index is 10.1. The zero-order valence-corrected chi connectivity index (χ0v) is 9.21. The number of hydrogen-bond acceptors (Lipinski definition) is 4. The highest BCUT2D eigenvalue weighted by molar-refractivity contribution is 5.01. The van der Waals surface area contributed by atoms with Crippen molar-refractivity contribution in [2.45, 2.75) is 50.5 Å². The predicted molar refractivity (Wildman–Crippen MR) is 56.4 cm³/mol. The summed E-state index contributed by atoms with van der Waals surface area (Å²) in [5.74, 6) is 0.288. The minimum atomic E-state index is -0.778. The van der Waals surface area contributed by atoms with Gasteiger partial charge >= 0.3 is 0 Å². The molecule has 0 aromatic heterocycles. The maximum Gasteiger partial charge on any atom is 0.0991 e. The van der Waals surface area contributed by atoms with Crippen molar-refractivity contribution in [1.82, 2.24) is 4.90 Å². The van der Waals surface area contributed by atoms with Gasteiger partial charge in [0, 0.05) is 6.54 Å². The van der Waals surface area contributed by atoms with Crippen LogP contribution in [0.5, 0.6) is 0 Å². The Morgan fingerprint density at radius 2 is 1.93 bits per heavy atom. The van der Waals surface area contributed by atoms with Crippen molar-refractivity contribution in [2.24, 2.45) is 5.92 Å². The summed E-state index contributed by atoms with van der Waals surface area (Å²) in [6, 6.07) is -0.245. The Labute approximate surface area is 90.5 Å². The number of fused-ring (bicyclic) bond motifs is 1. The second-order valence-corrected chi connectivity index (χ2v) is 4.87. The molecule has 0 saturated carbocycles. The lowest BCUT2D eigenvalue weighted by Crippen LogP contribution is -2.53. The summed E-state index contributed by atoms with van der Waals surface area (Å²) in [5.41, 5.74) is 0. The molecule has 2 aliphatic heterocycles. The summed E-state index contributed by atoms with van der Waals surface area (Å²) in [4.78, 5) is 2.02. The van der Waals surface area contributed by atoms with E-state index in [2.05, 4.69) is 6.92 Å². The van der Waals surface area contributed by atoms with Gasteiger partial charge in [0.05, 0.1) is 24.4 Å². The second-order valence-electron chi connectivity index (χ2n) is 4.87. The smallest absolute Gasteiger partial charge is 0.0991 e. The van der Waals surface area contributed by atoms with E-state index < -0.39 is 18.3 Å². The van der Waals surface area contributed by atoms with Crippen LogP contribution < -0.4 is 0 Å². The molecule has 2 saturated heterocycles. The molecule has 0 aliphatic carbocycles. The highest BCUT2D eigenvalue weighted by atomic mass is 16.3. The number of rotatable bonds is 2. The molecule has 4 nitrogen and oxygen atoms in total. The monoisotopic (exact) mass is 215 g/mol. The van der Waals surface area contributed by atoms with Gasteiger partial charge in [-0.25, -0.2) is 0 Å². The van der Waals surface area contributed by atoms with Gasteiger partial charge < -0.3 is 15.3 Å². The standard InChI is InChI=1S/C11H21NO3/c1-2-3-7-4-5-12-6-8(13)11(15)9(12)10(7)14/h7-11,13-15H,2-6H2,1H3/t7-,8-,9-,10-,11-/m1/s1. The van der Waals surface area contributed by atoms with Gasteiger partial charge in [0.1, 0.15) is 0 Å².